The fraction of sp³-hybridized carbons (Fsp3) is 0.700. The number of piperazine rings is 1. The molecule has 2 heterocycles. The van der Waals surface area contributed by atoms with Gasteiger partial charge in [0.15, 0.2) is 5.82 Å². The summed E-state index contributed by atoms with van der Waals surface area (Å²) >= 11 is 17.6. The second kappa shape index (κ2) is 6.91. The van der Waals surface area contributed by atoms with E-state index in [4.69, 9.17) is 40.5 Å². The number of nitrogens with two attached hydrogens (primary N) is 1. The van der Waals surface area contributed by atoms with Gasteiger partial charge in [-0.2, -0.15) is 15.0 Å². The van der Waals surface area contributed by atoms with Gasteiger partial charge in [0.05, 0.1) is 0 Å². The van der Waals surface area contributed by atoms with E-state index in [2.05, 4.69) is 25.6 Å². The van der Waals surface area contributed by atoms with Gasteiger partial charge >= 0.3 is 0 Å². The van der Waals surface area contributed by atoms with Gasteiger partial charge < -0.3 is 21.3 Å². The molecule has 0 spiro atoms. The SMILES string of the molecule is NCCNc1nc(N2CCNCC2)nc(C(Cl)(Cl)Cl)n1. The van der Waals surface area contributed by atoms with Crippen molar-refractivity contribution in [2.24, 2.45) is 5.73 Å². The predicted octanol–water partition coefficient (Wildman–Crippen LogP) is 0.478. The molecule has 10 heteroatoms. The maximum Gasteiger partial charge on any atom is 0.250 e. The molecule has 2 rings (SSSR count). The van der Waals surface area contributed by atoms with Crippen LogP contribution in [0.2, 0.25) is 0 Å². The molecule has 0 saturated carbocycles. The van der Waals surface area contributed by atoms with Crippen molar-refractivity contribution in [3.05, 3.63) is 5.82 Å². The maximum absolute atomic E-state index is 5.87. The molecule has 0 aromatic carbocycles. The third kappa shape index (κ3) is 4.20. The molecular weight excluding hydrogens is 325 g/mol. The number of rotatable bonds is 4. The summed E-state index contributed by atoms with van der Waals surface area (Å²) in [5, 5.41) is 6.24. The van der Waals surface area contributed by atoms with E-state index >= 15 is 0 Å². The molecule has 0 bridgehead atoms. The summed E-state index contributed by atoms with van der Waals surface area (Å²) in [6.45, 7) is 4.29. The monoisotopic (exact) mass is 339 g/mol. The van der Waals surface area contributed by atoms with Crippen molar-refractivity contribution < 1.29 is 0 Å². The summed E-state index contributed by atoms with van der Waals surface area (Å²) in [5.41, 5.74) is 5.45. The number of anilines is 2. The normalized spacial score (nSPS) is 16.3. The Labute approximate surface area is 132 Å². The first kappa shape index (κ1) is 15.8. The van der Waals surface area contributed by atoms with Gasteiger partial charge in [0.2, 0.25) is 15.7 Å². The molecule has 7 nitrogen and oxygen atoms in total. The van der Waals surface area contributed by atoms with E-state index in [0.29, 0.717) is 25.0 Å². The summed E-state index contributed by atoms with van der Waals surface area (Å²) in [4.78, 5) is 14.7. The molecule has 0 aliphatic carbocycles. The molecule has 20 heavy (non-hydrogen) atoms. The summed E-state index contributed by atoms with van der Waals surface area (Å²) in [5.74, 6) is 0.966. The molecule has 1 saturated heterocycles. The Kier molecular flexibility index (Phi) is 5.45. The molecule has 1 fully saturated rings. The van der Waals surface area contributed by atoms with E-state index in [1.807, 2.05) is 4.90 Å². The van der Waals surface area contributed by atoms with Crippen LogP contribution in [0.15, 0.2) is 0 Å². The highest BCUT2D eigenvalue weighted by Crippen LogP contribution is 2.36. The standard InChI is InChI=1S/C10H16Cl3N7/c11-10(12,13)7-17-8(16-2-1-14)19-9(18-7)20-5-3-15-4-6-20/h15H,1-6,14H2,(H,16,17,18,19). The van der Waals surface area contributed by atoms with Gasteiger partial charge in [-0.3, -0.25) is 0 Å². The molecule has 0 atom stereocenters. The van der Waals surface area contributed by atoms with Gasteiger partial charge in [-0.25, -0.2) is 0 Å². The lowest BCUT2D eigenvalue weighted by molar-refractivity contribution is 0.578. The largest absolute Gasteiger partial charge is 0.353 e. The van der Waals surface area contributed by atoms with Crippen LogP contribution in [0.25, 0.3) is 0 Å². The fourth-order valence-corrected chi connectivity index (χ4v) is 2.01. The number of hydrogen-bond donors (Lipinski definition) is 3. The van der Waals surface area contributed by atoms with Crippen LogP contribution in [0.3, 0.4) is 0 Å². The van der Waals surface area contributed by atoms with Crippen molar-refractivity contribution in [2.45, 2.75) is 3.79 Å². The summed E-state index contributed by atoms with van der Waals surface area (Å²) in [6, 6.07) is 0. The number of halogens is 3. The number of aromatic nitrogens is 3. The zero-order valence-electron chi connectivity index (χ0n) is 10.7. The minimum absolute atomic E-state index is 0.102. The third-order valence-electron chi connectivity index (χ3n) is 2.70. The Morgan fingerprint density at radius 2 is 1.90 bits per heavy atom. The van der Waals surface area contributed by atoms with Crippen LogP contribution in [0, 0.1) is 0 Å². The molecule has 112 valence electrons. The Bertz CT molecular complexity index is 445. The second-order valence-electron chi connectivity index (χ2n) is 4.23. The minimum Gasteiger partial charge on any atom is -0.353 e. The molecule has 0 unspecified atom stereocenters. The molecular formula is C10H16Cl3N7. The second-order valence-corrected chi connectivity index (χ2v) is 6.51. The molecule has 1 aromatic heterocycles. The maximum atomic E-state index is 5.87. The topological polar surface area (TPSA) is 92.0 Å². The lowest BCUT2D eigenvalue weighted by Crippen LogP contribution is -2.44. The first-order chi connectivity index (χ1) is 9.50. The van der Waals surface area contributed by atoms with E-state index in [9.17, 15) is 0 Å². The highest BCUT2D eigenvalue weighted by Gasteiger charge is 2.29. The van der Waals surface area contributed by atoms with Crippen molar-refractivity contribution in [1.82, 2.24) is 20.3 Å². The van der Waals surface area contributed by atoms with Gasteiger partial charge in [-0.05, 0) is 0 Å². The van der Waals surface area contributed by atoms with E-state index in [-0.39, 0.29) is 5.82 Å². The van der Waals surface area contributed by atoms with Gasteiger partial charge in [0.1, 0.15) is 0 Å². The molecule has 1 aromatic rings. The lowest BCUT2D eigenvalue weighted by atomic mass is 10.4. The molecule has 0 radical (unpaired) electrons. The van der Waals surface area contributed by atoms with Crippen LogP contribution in [0.1, 0.15) is 5.82 Å². The zero-order chi connectivity index (χ0) is 14.6. The van der Waals surface area contributed by atoms with Gasteiger partial charge in [0.25, 0.3) is 0 Å². The highest BCUT2D eigenvalue weighted by atomic mass is 35.6. The predicted molar refractivity (Wildman–Crippen MR) is 81.7 cm³/mol. The van der Waals surface area contributed by atoms with E-state index in [1.165, 1.54) is 0 Å². The minimum atomic E-state index is -1.69. The van der Waals surface area contributed by atoms with Crippen LogP contribution >= 0.6 is 34.8 Å². The average molecular weight is 341 g/mol. The van der Waals surface area contributed by atoms with Crippen LogP contribution in [0.5, 0.6) is 0 Å². The van der Waals surface area contributed by atoms with Gasteiger partial charge in [-0.15, -0.1) is 0 Å². The van der Waals surface area contributed by atoms with Gasteiger partial charge in [0, 0.05) is 39.3 Å². The van der Waals surface area contributed by atoms with E-state index in [0.717, 1.165) is 26.2 Å². The fourth-order valence-electron chi connectivity index (χ4n) is 1.76. The van der Waals surface area contributed by atoms with Crippen molar-refractivity contribution in [1.29, 1.82) is 0 Å². The average Bonchev–Trinajstić information content (AvgIpc) is 2.45. The van der Waals surface area contributed by atoms with E-state index in [1.54, 1.807) is 0 Å². The molecule has 1 aliphatic rings. The first-order valence-electron chi connectivity index (χ1n) is 6.23. The Morgan fingerprint density at radius 1 is 1.20 bits per heavy atom. The quantitative estimate of drug-likeness (QED) is 0.687. The number of nitrogens with one attached hydrogen (secondary N) is 2. The lowest BCUT2D eigenvalue weighted by Gasteiger charge is -2.28. The number of alkyl halides is 3. The molecule has 4 N–H and O–H groups in total. The highest BCUT2D eigenvalue weighted by molar-refractivity contribution is 6.66. The molecule has 1 aliphatic heterocycles. The zero-order valence-corrected chi connectivity index (χ0v) is 13.0. The van der Waals surface area contributed by atoms with Crippen LogP contribution in [-0.4, -0.2) is 54.2 Å². The molecule has 0 amide bonds. The first-order valence-corrected chi connectivity index (χ1v) is 7.37. The van der Waals surface area contributed by atoms with Crippen molar-refractivity contribution in [3.8, 4) is 0 Å². The van der Waals surface area contributed by atoms with Crippen molar-refractivity contribution >= 4 is 46.7 Å². The van der Waals surface area contributed by atoms with E-state index < -0.39 is 3.79 Å². The van der Waals surface area contributed by atoms with Crippen LogP contribution in [0.4, 0.5) is 11.9 Å². The third-order valence-corrected chi connectivity index (χ3v) is 3.21. The summed E-state index contributed by atoms with van der Waals surface area (Å²) in [7, 11) is 0. The summed E-state index contributed by atoms with van der Waals surface area (Å²) in [6.07, 6.45) is 0. The summed E-state index contributed by atoms with van der Waals surface area (Å²) < 4.78 is -1.69. The van der Waals surface area contributed by atoms with Crippen molar-refractivity contribution in [2.75, 3.05) is 49.5 Å². The number of nitrogens with zero attached hydrogens (tertiary/aromatic N) is 4. The Balaban J connectivity index is 2.29. The smallest absolute Gasteiger partial charge is 0.250 e. The van der Waals surface area contributed by atoms with Gasteiger partial charge in [-0.1, -0.05) is 34.8 Å². The van der Waals surface area contributed by atoms with Crippen LogP contribution < -0.4 is 21.3 Å². The Hall–Kier alpha value is -0.600. The number of hydrogen-bond acceptors (Lipinski definition) is 7. The Morgan fingerprint density at radius 3 is 2.50 bits per heavy atom. The van der Waals surface area contributed by atoms with Crippen LogP contribution in [-0.2, 0) is 3.79 Å². The van der Waals surface area contributed by atoms with Crippen molar-refractivity contribution in [3.63, 3.8) is 0 Å².